The van der Waals surface area contributed by atoms with Crippen molar-refractivity contribution in [3.05, 3.63) is 48.0 Å². The Labute approximate surface area is 106 Å². The van der Waals surface area contributed by atoms with Crippen molar-refractivity contribution in [1.29, 1.82) is 0 Å². The molecule has 0 aliphatic heterocycles. The number of hydrogen-bond acceptors (Lipinski definition) is 4. The van der Waals surface area contributed by atoms with Gasteiger partial charge in [-0.1, -0.05) is 25.1 Å². The van der Waals surface area contributed by atoms with Crippen LogP contribution in [0.2, 0.25) is 0 Å². The second-order valence-electron chi connectivity index (χ2n) is 3.94. The number of anilines is 1. The van der Waals surface area contributed by atoms with Crippen LogP contribution in [0.5, 0.6) is 5.75 Å². The minimum absolute atomic E-state index is 0.116. The summed E-state index contributed by atoms with van der Waals surface area (Å²) in [6, 6.07) is 12.5. The average Bonchev–Trinajstić information content (AvgIpc) is 2.39. The maximum atomic E-state index is 9.69. The number of azo groups is 1. The number of aromatic hydroxyl groups is 1. The highest BCUT2D eigenvalue weighted by atomic mass is 16.3. The summed E-state index contributed by atoms with van der Waals surface area (Å²) in [4.78, 5) is 0. The smallest absolute Gasteiger partial charge is 0.143 e. The van der Waals surface area contributed by atoms with E-state index < -0.39 is 0 Å². The first kappa shape index (κ1) is 12.1. The van der Waals surface area contributed by atoms with E-state index in [0.29, 0.717) is 17.1 Å². The van der Waals surface area contributed by atoms with Gasteiger partial charge in [0.15, 0.2) is 0 Å². The SMILES string of the molecule is CCc1ccc(O)c(N=Nc2ccccc2N)c1. The molecular formula is C14H15N3O. The monoisotopic (exact) mass is 241 g/mol. The standard InChI is InChI=1S/C14H15N3O/c1-2-10-7-8-14(18)13(9-10)17-16-12-6-4-3-5-11(12)15/h3-9,18H,2,15H2,1H3. The topological polar surface area (TPSA) is 71.0 Å². The second kappa shape index (κ2) is 5.31. The molecule has 4 nitrogen and oxygen atoms in total. The van der Waals surface area contributed by atoms with Gasteiger partial charge in [-0.3, -0.25) is 0 Å². The Morgan fingerprint density at radius 2 is 1.78 bits per heavy atom. The minimum atomic E-state index is 0.116. The summed E-state index contributed by atoms with van der Waals surface area (Å²) in [6.07, 6.45) is 0.885. The van der Waals surface area contributed by atoms with Crippen LogP contribution < -0.4 is 5.73 Å². The zero-order valence-electron chi connectivity index (χ0n) is 10.2. The Kier molecular flexibility index (Phi) is 3.57. The van der Waals surface area contributed by atoms with E-state index in [9.17, 15) is 5.11 Å². The minimum Gasteiger partial charge on any atom is -0.506 e. The molecule has 0 aliphatic rings. The maximum Gasteiger partial charge on any atom is 0.143 e. The zero-order valence-corrected chi connectivity index (χ0v) is 10.2. The van der Waals surface area contributed by atoms with Gasteiger partial charge in [0, 0.05) is 0 Å². The number of hydrogen-bond donors (Lipinski definition) is 2. The van der Waals surface area contributed by atoms with E-state index in [2.05, 4.69) is 10.2 Å². The molecule has 92 valence electrons. The lowest BCUT2D eigenvalue weighted by atomic mass is 10.1. The van der Waals surface area contributed by atoms with E-state index in [1.807, 2.05) is 31.2 Å². The second-order valence-corrected chi connectivity index (χ2v) is 3.94. The van der Waals surface area contributed by atoms with E-state index in [4.69, 9.17) is 5.73 Å². The highest BCUT2D eigenvalue weighted by Gasteiger charge is 2.01. The summed E-state index contributed by atoms with van der Waals surface area (Å²) in [5.74, 6) is 0.116. The van der Waals surface area contributed by atoms with Crippen molar-refractivity contribution in [2.24, 2.45) is 10.2 Å². The van der Waals surface area contributed by atoms with Gasteiger partial charge in [0.05, 0.1) is 5.69 Å². The molecule has 0 saturated heterocycles. The molecule has 0 fully saturated rings. The fourth-order valence-corrected chi connectivity index (χ4v) is 1.56. The van der Waals surface area contributed by atoms with Crippen molar-refractivity contribution in [2.75, 3.05) is 5.73 Å². The number of rotatable bonds is 3. The van der Waals surface area contributed by atoms with E-state index >= 15 is 0 Å². The first-order valence-corrected chi connectivity index (χ1v) is 5.79. The highest BCUT2D eigenvalue weighted by Crippen LogP contribution is 2.30. The summed E-state index contributed by atoms with van der Waals surface area (Å²) in [5.41, 5.74) is 8.48. The van der Waals surface area contributed by atoms with Crippen molar-refractivity contribution in [3.63, 3.8) is 0 Å². The van der Waals surface area contributed by atoms with Gasteiger partial charge in [-0.05, 0) is 36.2 Å². The molecule has 2 rings (SSSR count). The molecule has 2 aromatic rings. The number of nitrogens with zero attached hydrogens (tertiary/aromatic N) is 2. The molecule has 0 saturated carbocycles. The predicted molar refractivity (Wildman–Crippen MR) is 72.5 cm³/mol. The quantitative estimate of drug-likeness (QED) is 0.630. The molecule has 0 spiro atoms. The molecule has 2 aromatic carbocycles. The van der Waals surface area contributed by atoms with Crippen molar-refractivity contribution < 1.29 is 5.11 Å². The molecule has 0 aliphatic carbocycles. The van der Waals surface area contributed by atoms with Crippen molar-refractivity contribution in [2.45, 2.75) is 13.3 Å². The Bertz CT molecular complexity index is 579. The molecule has 3 N–H and O–H groups in total. The first-order valence-electron chi connectivity index (χ1n) is 5.79. The number of nitrogens with two attached hydrogens (primary N) is 1. The van der Waals surface area contributed by atoms with Crippen LogP contribution in [0.1, 0.15) is 12.5 Å². The van der Waals surface area contributed by atoms with Crippen LogP contribution in [0.25, 0.3) is 0 Å². The fraction of sp³-hybridized carbons (Fsp3) is 0.143. The summed E-state index contributed by atoms with van der Waals surface area (Å²) in [5, 5.41) is 17.8. The van der Waals surface area contributed by atoms with E-state index in [1.54, 1.807) is 18.2 Å². The number of aryl methyl sites for hydroxylation is 1. The summed E-state index contributed by atoms with van der Waals surface area (Å²) in [7, 11) is 0. The van der Waals surface area contributed by atoms with E-state index in [-0.39, 0.29) is 5.75 Å². The third-order valence-electron chi connectivity index (χ3n) is 2.65. The van der Waals surface area contributed by atoms with Crippen LogP contribution in [0, 0.1) is 0 Å². The third-order valence-corrected chi connectivity index (χ3v) is 2.65. The average molecular weight is 241 g/mol. The molecule has 0 aromatic heterocycles. The van der Waals surface area contributed by atoms with Crippen LogP contribution in [0.3, 0.4) is 0 Å². The van der Waals surface area contributed by atoms with Crippen LogP contribution in [0.4, 0.5) is 17.1 Å². The van der Waals surface area contributed by atoms with Gasteiger partial charge in [0.25, 0.3) is 0 Å². The summed E-state index contributed by atoms with van der Waals surface area (Å²) in [6.45, 7) is 2.04. The number of para-hydroxylation sites is 1. The summed E-state index contributed by atoms with van der Waals surface area (Å²) < 4.78 is 0. The van der Waals surface area contributed by atoms with Gasteiger partial charge in [0.1, 0.15) is 17.1 Å². The molecule has 0 amide bonds. The third kappa shape index (κ3) is 2.66. The van der Waals surface area contributed by atoms with Gasteiger partial charge in [-0.2, -0.15) is 0 Å². The first-order chi connectivity index (χ1) is 8.70. The van der Waals surface area contributed by atoms with E-state index in [0.717, 1.165) is 12.0 Å². The van der Waals surface area contributed by atoms with Gasteiger partial charge in [-0.25, -0.2) is 0 Å². The number of benzene rings is 2. The van der Waals surface area contributed by atoms with Crippen molar-refractivity contribution in [1.82, 2.24) is 0 Å². The molecule has 0 atom stereocenters. The van der Waals surface area contributed by atoms with Crippen LogP contribution >= 0.6 is 0 Å². The summed E-state index contributed by atoms with van der Waals surface area (Å²) >= 11 is 0. The Hall–Kier alpha value is -2.36. The largest absolute Gasteiger partial charge is 0.506 e. The van der Waals surface area contributed by atoms with Crippen molar-refractivity contribution in [3.8, 4) is 5.75 Å². The lowest BCUT2D eigenvalue weighted by Crippen LogP contribution is -1.83. The highest BCUT2D eigenvalue weighted by molar-refractivity contribution is 5.62. The van der Waals surface area contributed by atoms with Crippen LogP contribution in [-0.4, -0.2) is 5.11 Å². The van der Waals surface area contributed by atoms with Crippen LogP contribution in [0.15, 0.2) is 52.7 Å². The Balaban J connectivity index is 2.31. The number of phenols is 1. The molecule has 0 radical (unpaired) electrons. The Morgan fingerprint density at radius 3 is 2.50 bits per heavy atom. The van der Waals surface area contributed by atoms with Gasteiger partial charge in [-0.15, -0.1) is 10.2 Å². The lowest BCUT2D eigenvalue weighted by Gasteiger charge is -2.01. The van der Waals surface area contributed by atoms with Gasteiger partial charge in [0.2, 0.25) is 0 Å². The molecule has 0 bridgehead atoms. The number of phenolic OH excluding ortho intramolecular Hbond substituents is 1. The predicted octanol–water partition coefficient (Wildman–Crippen LogP) is 3.95. The molecule has 0 unspecified atom stereocenters. The maximum absolute atomic E-state index is 9.69. The van der Waals surface area contributed by atoms with Crippen LogP contribution in [-0.2, 0) is 6.42 Å². The number of nitrogen functional groups attached to an aromatic ring is 1. The molecule has 18 heavy (non-hydrogen) atoms. The Morgan fingerprint density at radius 1 is 1.06 bits per heavy atom. The van der Waals surface area contributed by atoms with Crippen molar-refractivity contribution >= 4 is 17.1 Å². The van der Waals surface area contributed by atoms with Gasteiger partial charge >= 0.3 is 0 Å². The molecular weight excluding hydrogens is 226 g/mol. The fourth-order valence-electron chi connectivity index (χ4n) is 1.56. The lowest BCUT2D eigenvalue weighted by molar-refractivity contribution is 0.476. The van der Waals surface area contributed by atoms with E-state index in [1.165, 1.54) is 0 Å². The van der Waals surface area contributed by atoms with Gasteiger partial charge < -0.3 is 10.8 Å². The molecule has 4 heteroatoms. The molecule has 0 heterocycles. The normalized spacial score (nSPS) is 10.9. The zero-order chi connectivity index (χ0) is 13.0.